The Morgan fingerprint density at radius 3 is 3.00 bits per heavy atom. The minimum absolute atomic E-state index is 0.842. The lowest BCUT2D eigenvalue weighted by molar-refractivity contribution is 1.09. The fourth-order valence-electron chi connectivity index (χ4n) is 1.61. The summed E-state index contributed by atoms with van der Waals surface area (Å²) in [6.45, 7) is 0. The number of nitrogens with zero attached hydrogens (tertiary/aromatic N) is 1. The predicted molar refractivity (Wildman–Crippen MR) is 61.1 cm³/mol. The van der Waals surface area contributed by atoms with E-state index in [-0.39, 0.29) is 0 Å². The van der Waals surface area contributed by atoms with Crippen molar-refractivity contribution in [2.75, 3.05) is 0 Å². The molecular formula is C10H8N4S. The largest absolute Gasteiger partial charge is 0.348 e. The summed E-state index contributed by atoms with van der Waals surface area (Å²) in [6.07, 6.45) is 5.45. The number of aromatic amines is 3. The average molecular weight is 216 g/mol. The van der Waals surface area contributed by atoms with Crippen LogP contribution in [0, 0.1) is 4.51 Å². The van der Waals surface area contributed by atoms with Crippen LogP contribution < -0.4 is 0 Å². The van der Waals surface area contributed by atoms with Crippen LogP contribution in [0.3, 0.4) is 0 Å². The molecule has 3 aromatic heterocycles. The number of hydrogen-bond donors (Lipinski definition) is 3. The highest BCUT2D eigenvalue weighted by atomic mass is 32.1. The van der Waals surface area contributed by atoms with Crippen molar-refractivity contribution in [2.24, 2.45) is 0 Å². The van der Waals surface area contributed by atoms with Crippen LogP contribution >= 0.6 is 12.2 Å². The Morgan fingerprint density at radius 1 is 1.33 bits per heavy atom. The molecule has 3 rings (SSSR count). The highest BCUT2D eigenvalue weighted by Crippen LogP contribution is 2.22. The molecule has 0 aliphatic carbocycles. The summed E-state index contributed by atoms with van der Waals surface area (Å²) in [7, 11) is 0. The first kappa shape index (κ1) is 8.43. The third-order valence-electron chi connectivity index (χ3n) is 2.35. The summed E-state index contributed by atoms with van der Waals surface area (Å²) in [4.78, 5) is 6.38. The quantitative estimate of drug-likeness (QED) is 0.547. The van der Waals surface area contributed by atoms with E-state index in [1.807, 2.05) is 24.5 Å². The van der Waals surface area contributed by atoms with Crippen LogP contribution in [-0.4, -0.2) is 20.2 Å². The molecule has 3 heterocycles. The zero-order valence-electron chi connectivity index (χ0n) is 7.74. The van der Waals surface area contributed by atoms with E-state index in [1.165, 1.54) is 0 Å². The minimum Gasteiger partial charge on any atom is -0.348 e. The van der Waals surface area contributed by atoms with Crippen molar-refractivity contribution in [3.8, 4) is 11.3 Å². The monoisotopic (exact) mass is 216 g/mol. The molecule has 0 atom stereocenters. The van der Waals surface area contributed by atoms with Crippen molar-refractivity contribution < 1.29 is 0 Å². The number of hydrogen-bond acceptors (Lipinski definition) is 2. The molecule has 5 heteroatoms. The molecular weight excluding hydrogens is 208 g/mol. The SMILES string of the molecule is S=c1cc[nH]c2[nH]c(-c3cn[nH]c3)cc12. The summed E-state index contributed by atoms with van der Waals surface area (Å²) in [5, 5.41) is 7.72. The zero-order valence-corrected chi connectivity index (χ0v) is 8.56. The Labute approximate surface area is 90.4 Å². The van der Waals surface area contributed by atoms with Crippen LogP contribution in [0.2, 0.25) is 0 Å². The van der Waals surface area contributed by atoms with Gasteiger partial charge >= 0.3 is 0 Å². The molecule has 3 aromatic rings. The molecule has 0 bridgehead atoms. The Kier molecular flexibility index (Phi) is 1.72. The minimum atomic E-state index is 0.842. The van der Waals surface area contributed by atoms with E-state index in [4.69, 9.17) is 12.2 Å². The molecule has 15 heavy (non-hydrogen) atoms. The fraction of sp³-hybridized carbons (Fsp3) is 0. The standard InChI is InChI=1S/C10H8N4S/c15-9-1-2-11-10-7(9)3-8(14-10)6-4-12-13-5-6/h1-5H,(H,12,13)(H2,11,14,15). The molecule has 0 spiro atoms. The van der Waals surface area contributed by atoms with E-state index in [2.05, 4.69) is 20.2 Å². The van der Waals surface area contributed by atoms with Crippen LogP contribution in [0.4, 0.5) is 0 Å². The van der Waals surface area contributed by atoms with Gasteiger partial charge in [0.05, 0.1) is 16.4 Å². The van der Waals surface area contributed by atoms with Gasteiger partial charge < -0.3 is 9.97 Å². The lowest BCUT2D eigenvalue weighted by atomic mass is 10.2. The van der Waals surface area contributed by atoms with E-state index < -0.39 is 0 Å². The summed E-state index contributed by atoms with van der Waals surface area (Å²) < 4.78 is 0.842. The summed E-state index contributed by atoms with van der Waals surface area (Å²) in [5.74, 6) is 0. The molecule has 0 amide bonds. The lowest BCUT2D eigenvalue weighted by Gasteiger charge is -1.88. The zero-order chi connectivity index (χ0) is 10.3. The van der Waals surface area contributed by atoms with Gasteiger partial charge in [0.15, 0.2) is 0 Å². The molecule has 0 unspecified atom stereocenters. The van der Waals surface area contributed by atoms with Gasteiger partial charge in [0.2, 0.25) is 0 Å². The summed E-state index contributed by atoms with van der Waals surface area (Å²) in [5.41, 5.74) is 2.97. The van der Waals surface area contributed by atoms with Gasteiger partial charge in [-0.2, -0.15) is 5.10 Å². The van der Waals surface area contributed by atoms with E-state index in [0.29, 0.717) is 0 Å². The topological polar surface area (TPSA) is 60.3 Å². The maximum Gasteiger partial charge on any atom is 0.116 e. The number of pyridine rings is 1. The predicted octanol–water partition coefficient (Wildman–Crippen LogP) is 2.62. The van der Waals surface area contributed by atoms with E-state index in [9.17, 15) is 0 Å². The second-order valence-corrected chi connectivity index (χ2v) is 3.74. The first-order chi connectivity index (χ1) is 7.34. The van der Waals surface area contributed by atoms with E-state index in [0.717, 1.165) is 26.8 Å². The third-order valence-corrected chi connectivity index (χ3v) is 2.71. The molecule has 0 fully saturated rings. The molecule has 3 N–H and O–H groups in total. The van der Waals surface area contributed by atoms with Crippen LogP contribution in [0.25, 0.3) is 22.3 Å². The van der Waals surface area contributed by atoms with Gasteiger partial charge in [0.25, 0.3) is 0 Å². The smallest absolute Gasteiger partial charge is 0.116 e. The van der Waals surface area contributed by atoms with Crippen molar-refractivity contribution in [3.63, 3.8) is 0 Å². The number of rotatable bonds is 1. The van der Waals surface area contributed by atoms with Crippen LogP contribution in [-0.2, 0) is 0 Å². The van der Waals surface area contributed by atoms with Crippen LogP contribution in [0.1, 0.15) is 0 Å². The molecule has 0 saturated heterocycles. The molecule has 0 radical (unpaired) electrons. The normalized spacial score (nSPS) is 10.9. The Hall–Kier alpha value is -1.88. The molecule has 0 saturated carbocycles. The number of fused-ring (bicyclic) bond motifs is 1. The summed E-state index contributed by atoms with van der Waals surface area (Å²) >= 11 is 5.23. The second kappa shape index (κ2) is 3.06. The number of H-pyrrole nitrogens is 3. The third kappa shape index (κ3) is 1.28. The highest BCUT2D eigenvalue weighted by Gasteiger charge is 2.04. The van der Waals surface area contributed by atoms with Gasteiger partial charge in [-0.05, 0) is 12.1 Å². The number of nitrogens with one attached hydrogen (secondary N) is 3. The van der Waals surface area contributed by atoms with Crippen molar-refractivity contribution in [2.45, 2.75) is 0 Å². The van der Waals surface area contributed by atoms with Gasteiger partial charge in [-0.3, -0.25) is 5.10 Å². The summed E-state index contributed by atoms with van der Waals surface area (Å²) in [6, 6.07) is 3.91. The first-order valence-electron chi connectivity index (χ1n) is 4.54. The fourth-order valence-corrected chi connectivity index (χ4v) is 1.84. The maximum atomic E-state index is 5.23. The average Bonchev–Trinajstić information content (AvgIpc) is 2.86. The lowest BCUT2D eigenvalue weighted by Crippen LogP contribution is -1.75. The van der Waals surface area contributed by atoms with Crippen molar-refractivity contribution in [1.29, 1.82) is 0 Å². The van der Waals surface area contributed by atoms with Gasteiger partial charge in [-0.1, -0.05) is 12.2 Å². The van der Waals surface area contributed by atoms with Crippen molar-refractivity contribution in [3.05, 3.63) is 35.2 Å². The van der Waals surface area contributed by atoms with Crippen molar-refractivity contribution >= 4 is 23.3 Å². The maximum absolute atomic E-state index is 5.23. The molecule has 0 aliphatic rings. The van der Waals surface area contributed by atoms with Crippen molar-refractivity contribution in [1.82, 2.24) is 20.2 Å². The molecule has 0 aliphatic heterocycles. The number of aromatic nitrogens is 4. The Bertz CT molecular complexity index is 647. The van der Waals surface area contributed by atoms with E-state index in [1.54, 1.807) is 6.20 Å². The molecule has 74 valence electrons. The van der Waals surface area contributed by atoms with Gasteiger partial charge in [-0.25, -0.2) is 0 Å². The Balaban J connectivity index is 2.32. The van der Waals surface area contributed by atoms with Gasteiger partial charge in [0.1, 0.15) is 5.65 Å². The highest BCUT2D eigenvalue weighted by molar-refractivity contribution is 7.71. The molecule has 0 aromatic carbocycles. The first-order valence-corrected chi connectivity index (χ1v) is 4.95. The van der Waals surface area contributed by atoms with Crippen LogP contribution in [0.15, 0.2) is 30.7 Å². The van der Waals surface area contributed by atoms with Crippen LogP contribution in [0.5, 0.6) is 0 Å². The molecule has 4 nitrogen and oxygen atoms in total. The Morgan fingerprint density at radius 2 is 2.27 bits per heavy atom. The van der Waals surface area contributed by atoms with Gasteiger partial charge in [-0.15, -0.1) is 0 Å². The second-order valence-electron chi connectivity index (χ2n) is 3.30. The van der Waals surface area contributed by atoms with Gasteiger partial charge in [0, 0.05) is 23.3 Å². The van der Waals surface area contributed by atoms with E-state index >= 15 is 0 Å².